The Balaban J connectivity index is 2.20. The van der Waals surface area contributed by atoms with Crippen molar-refractivity contribution >= 4 is 11.9 Å². The van der Waals surface area contributed by atoms with E-state index in [1.165, 1.54) is 0 Å². The minimum absolute atomic E-state index is 0.165. The van der Waals surface area contributed by atoms with Gasteiger partial charge in [0.1, 0.15) is 6.23 Å². The van der Waals surface area contributed by atoms with Gasteiger partial charge in [-0.25, -0.2) is 4.79 Å². The Morgan fingerprint density at radius 3 is 2.53 bits per heavy atom. The Morgan fingerprint density at radius 2 is 2.00 bits per heavy atom. The van der Waals surface area contributed by atoms with Crippen molar-refractivity contribution in [2.75, 3.05) is 0 Å². The SMILES string of the molecule is CCC1OC(N2C(=O)NC(=O)C(C)(C)C2C)CC1C. The summed E-state index contributed by atoms with van der Waals surface area (Å²) in [7, 11) is 0. The van der Waals surface area contributed by atoms with Crippen LogP contribution in [-0.4, -0.2) is 35.2 Å². The number of nitrogens with zero attached hydrogens (tertiary/aromatic N) is 1. The topological polar surface area (TPSA) is 58.6 Å². The molecule has 2 saturated heterocycles. The average Bonchev–Trinajstić information content (AvgIpc) is 2.68. The van der Waals surface area contributed by atoms with Gasteiger partial charge in [-0.2, -0.15) is 0 Å². The molecule has 3 amide bonds. The van der Waals surface area contributed by atoms with Crippen molar-refractivity contribution in [2.24, 2.45) is 11.3 Å². The van der Waals surface area contributed by atoms with Crippen molar-refractivity contribution in [3.05, 3.63) is 0 Å². The Labute approximate surface area is 114 Å². The molecule has 1 N–H and O–H groups in total. The van der Waals surface area contributed by atoms with Crippen LogP contribution < -0.4 is 5.32 Å². The fourth-order valence-corrected chi connectivity index (χ4v) is 2.96. The van der Waals surface area contributed by atoms with Gasteiger partial charge < -0.3 is 4.74 Å². The van der Waals surface area contributed by atoms with Gasteiger partial charge in [0.05, 0.1) is 11.5 Å². The van der Waals surface area contributed by atoms with Crippen molar-refractivity contribution in [1.82, 2.24) is 10.2 Å². The molecule has 5 heteroatoms. The predicted octanol–water partition coefficient (Wildman–Crippen LogP) is 2.11. The van der Waals surface area contributed by atoms with Gasteiger partial charge in [0.15, 0.2) is 0 Å². The van der Waals surface area contributed by atoms with Gasteiger partial charge in [-0.3, -0.25) is 15.0 Å². The van der Waals surface area contributed by atoms with E-state index in [1.54, 1.807) is 4.90 Å². The molecular weight excluding hydrogens is 244 g/mol. The van der Waals surface area contributed by atoms with Crippen molar-refractivity contribution < 1.29 is 14.3 Å². The first-order valence-electron chi connectivity index (χ1n) is 7.08. The third-order valence-electron chi connectivity index (χ3n) is 4.75. The van der Waals surface area contributed by atoms with Crippen LogP contribution in [0.4, 0.5) is 4.79 Å². The molecule has 2 rings (SSSR count). The van der Waals surface area contributed by atoms with Crippen molar-refractivity contribution in [1.29, 1.82) is 0 Å². The third-order valence-corrected chi connectivity index (χ3v) is 4.75. The normalized spacial score (nSPS) is 38.5. The summed E-state index contributed by atoms with van der Waals surface area (Å²) in [5.41, 5.74) is -0.592. The van der Waals surface area contributed by atoms with Crippen LogP contribution >= 0.6 is 0 Å². The van der Waals surface area contributed by atoms with E-state index < -0.39 is 5.41 Å². The number of imide groups is 1. The molecule has 0 aromatic rings. The lowest BCUT2D eigenvalue weighted by Crippen LogP contribution is -2.65. The molecule has 0 spiro atoms. The molecule has 0 radical (unpaired) electrons. The second-order valence-electron chi connectivity index (χ2n) is 6.31. The minimum Gasteiger partial charge on any atom is -0.355 e. The average molecular weight is 268 g/mol. The Hall–Kier alpha value is -1.10. The molecular formula is C14H24N2O3. The maximum Gasteiger partial charge on any atom is 0.326 e. The summed E-state index contributed by atoms with van der Waals surface area (Å²) >= 11 is 0. The van der Waals surface area contributed by atoms with E-state index in [4.69, 9.17) is 4.74 Å². The lowest BCUT2D eigenvalue weighted by atomic mass is 9.81. The van der Waals surface area contributed by atoms with Crippen molar-refractivity contribution in [3.63, 3.8) is 0 Å². The van der Waals surface area contributed by atoms with Crippen LogP contribution in [-0.2, 0) is 9.53 Å². The summed E-state index contributed by atoms with van der Waals surface area (Å²) in [6.07, 6.45) is 1.76. The molecule has 2 aliphatic heterocycles. The first kappa shape index (κ1) is 14.3. The first-order valence-corrected chi connectivity index (χ1v) is 7.08. The molecule has 108 valence electrons. The highest BCUT2D eigenvalue weighted by atomic mass is 16.5. The van der Waals surface area contributed by atoms with E-state index in [-0.39, 0.29) is 30.3 Å². The highest BCUT2D eigenvalue weighted by molar-refractivity contribution is 6.00. The Morgan fingerprint density at radius 1 is 1.37 bits per heavy atom. The number of nitrogens with one attached hydrogen (secondary N) is 1. The lowest BCUT2D eigenvalue weighted by Gasteiger charge is -2.45. The second kappa shape index (κ2) is 4.78. The van der Waals surface area contributed by atoms with Crippen LogP contribution in [0.5, 0.6) is 0 Å². The molecule has 0 aromatic carbocycles. The van der Waals surface area contributed by atoms with Gasteiger partial charge >= 0.3 is 6.03 Å². The summed E-state index contributed by atoms with van der Waals surface area (Å²) in [6, 6.07) is -0.493. The predicted molar refractivity (Wildman–Crippen MR) is 71.4 cm³/mol. The zero-order valence-corrected chi connectivity index (χ0v) is 12.4. The van der Waals surface area contributed by atoms with E-state index in [0.29, 0.717) is 5.92 Å². The summed E-state index contributed by atoms with van der Waals surface area (Å²) in [5, 5.41) is 2.44. The van der Waals surface area contributed by atoms with Crippen LogP contribution in [0.3, 0.4) is 0 Å². The number of amides is 3. The van der Waals surface area contributed by atoms with Gasteiger partial charge in [0.25, 0.3) is 0 Å². The maximum atomic E-state index is 12.1. The molecule has 4 unspecified atom stereocenters. The van der Waals surface area contributed by atoms with Gasteiger partial charge in [0, 0.05) is 6.04 Å². The summed E-state index contributed by atoms with van der Waals surface area (Å²) < 4.78 is 5.99. The van der Waals surface area contributed by atoms with Crippen LogP contribution in [0.15, 0.2) is 0 Å². The minimum atomic E-state index is -0.592. The molecule has 0 aromatic heterocycles. The fraction of sp³-hybridized carbons (Fsp3) is 0.857. The highest BCUT2D eigenvalue weighted by Crippen LogP contribution is 2.36. The number of rotatable bonds is 2. The summed E-state index contributed by atoms with van der Waals surface area (Å²) in [5.74, 6) is 0.232. The Kier molecular flexibility index (Phi) is 3.60. The second-order valence-corrected chi connectivity index (χ2v) is 6.31. The molecule has 0 bridgehead atoms. The van der Waals surface area contributed by atoms with Gasteiger partial charge in [-0.1, -0.05) is 13.8 Å². The molecule has 0 saturated carbocycles. The molecule has 5 nitrogen and oxygen atoms in total. The quantitative estimate of drug-likeness (QED) is 0.834. The molecule has 2 fully saturated rings. The van der Waals surface area contributed by atoms with E-state index in [2.05, 4.69) is 19.2 Å². The van der Waals surface area contributed by atoms with Crippen LogP contribution in [0.25, 0.3) is 0 Å². The van der Waals surface area contributed by atoms with Gasteiger partial charge in [-0.05, 0) is 39.5 Å². The van der Waals surface area contributed by atoms with E-state index >= 15 is 0 Å². The largest absolute Gasteiger partial charge is 0.355 e. The number of hydrogen-bond acceptors (Lipinski definition) is 3. The number of hydrogen-bond donors (Lipinski definition) is 1. The fourth-order valence-electron chi connectivity index (χ4n) is 2.96. The molecule has 2 heterocycles. The number of urea groups is 1. The Bertz CT molecular complexity index is 394. The van der Waals surface area contributed by atoms with Crippen molar-refractivity contribution in [3.8, 4) is 0 Å². The zero-order chi connectivity index (χ0) is 14.4. The van der Waals surface area contributed by atoms with E-state index in [0.717, 1.165) is 12.8 Å². The molecule has 19 heavy (non-hydrogen) atoms. The van der Waals surface area contributed by atoms with Gasteiger partial charge in [0.2, 0.25) is 5.91 Å². The summed E-state index contributed by atoms with van der Waals surface area (Å²) in [4.78, 5) is 25.7. The third kappa shape index (κ3) is 2.24. The van der Waals surface area contributed by atoms with E-state index in [9.17, 15) is 9.59 Å². The van der Waals surface area contributed by atoms with Crippen LogP contribution in [0, 0.1) is 11.3 Å². The first-order chi connectivity index (χ1) is 8.78. The zero-order valence-electron chi connectivity index (χ0n) is 12.4. The maximum absolute atomic E-state index is 12.1. The number of carbonyl (C=O) groups excluding carboxylic acids is 2. The van der Waals surface area contributed by atoms with Crippen LogP contribution in [0.2, 0.25) is 0 Å². The van der Waals surface area contributed by atoms with Crippen LogP contribution in [0.1, 0.15) is 47.5 Å². The lowest BCUT2D eigenvalue weighted by molar-refractivity contribution is -0.140. The number of carbonyl (C=O) groups is 2. The van der Waals surface area contributed by atoms with Crippen molar-refractivity contribution in [2.45, 2.75) is 65.8 Å². The molecule has 4 atom stereocenters. The van der Waals surface area contributed by atoms with E-state index in [1.807, 2.05) is 20.8 Å². The monoisotopic (exact) mass is 268 g/mol. The molecule has 0 aliphatic carbocycles. The smallest absolute Gasteiger partial charge is 0.326 e. The number of ether oxygens (including phenoxy) is 1. The summed E-state index contributed by atoms with van der Waals surface area (Å²) in [6.45, 7) is 9.89. The molecule has 2 aliphatic rings. The highest BCUT2D eigenvalue weighted by Gasteiger charge is 2.49. The van der Waals surface area contributed by atoms with Gasteiger partial charge in [-0.15, -0.1) is 0 Å². The standard InChI is InChI=1S/C14H24N2O3/c1-6-10-8(2)7-11(19-10)16-9(3)14(4,5)12(17)15-13(16)18/h8-11H,6-7H2,1-5H3,(H,15,17,18).